The second-order valence-corrected chi connectivity index (χ2v) is 7.29. The number of aromatic hydroxyl groups is 1. The number of hydrogen-bond donors (Lipinski definition) is 4. The Morgan fingerprint density at radius 3 is 2.31 bits per heavy atom. The van der Waals surface area contributed by atoms with E-state index < -0.39 is 12.1 Å². The summed E-state index contributed by atoms with van der Waals surface area (Å²) in [6, 6.07) is 15.5. The fraction of sp³-hybridized carbons (Fsp3) is 0.391. The van der Waals surface area contributed by atoms with Gasteiger partial charge in [0.2, 0.25) is 11.8 Å². The molecule has 0 radical (unpaired) electrons. The summed E-state index contributed by atoms with van der Waals surface area (Å²) in [7, 11) is 0. The van der Waals surface area contributed by atoms with Gasteiger partial charge in [0.25, 0.3) is 0 Å². The summed E-state index contributed by atoms with van der Waals surface area (Å²) in [5.74, 6) is -0.418. The molecule has 29 heavy (non-hydrogen) atoms. The van der Waals surface area contributed by atoms with Crippen molar-refractivity contribution in [1.29, 1.82) is 0 Å². The third-order valence-electron chi connectivity index (χ3n) is 4.77. The summed E-state index contributed by atoms with van der Waals surface area (Å²) >= 11 is 0. The number of rotatable bonds is 11. The number of nitrogens with one attached hydrogen (secondary N) is 2. The van der Waals surface area contributed by atoms with Crippen LogP contribution in [0.25, 0.3) is 0 Å². The molecule has 2 aromatic rings. The van der Waals surface area contributed by atoms with Crippen molar-refractivity contribution in [3.05, 3.63) is 65.7 Å². The Morgan fingerprint density at radius 2 is 1.62 bits per heavy atom. The quantitative estimate of drug-likeness (QED) is 0.437. The first-order valence-corrected chi connectivity index (χ1v) is 10.1. The number of carbonyl (C=O) groups is 2. The fourth-order valence-corrected chi connectivity index (χ4v) is 3.00. The van der Waals surface area contributed by atoms with Gasteiger partial charge in [-0.15, -0.1) is 0 Å². The minimum atomic E-state index is -0.757. The van der Waals surface area contributed by atoms with Crippen LogP contribution in [0.2, 0.25) is 0 Å². The first-order chi connectivity index (χ1) is 14.0. The highest BCUT2D eigenvalue weighted by molar-refractivity contribution is 5.89. The predicted molar refractivity (Wildman–Crippen MR) is 114 cm³/mol. The van der Waals surface area contributed by atoms with Crippen LogP contribution >= 0.6 is 0 Å². The van der Waals surface area contributed by atoms with Crippen LogP contribution in [-0.4, -0.2) is 35.5 Å². The maximum atomic E-state index is 12.2. The monoisotopic (exact) mass is 397 g/mol. The maximum Gasteiger partial charge on any atom is 0.242 e. The van der Waals surface area contributed by atoms with E-state index in [0.29, 0.717) is 13.0 Å². The molecule has 5 N–H and O–H groups in total. The van der Waals surface area contributed by atoms with E-state index in [1.54, 1.807) is 31.2 Å². The molecule has 0 aliphatic carbocycles. The normalized spacial score (nSPS) is 12.8. The fourth-order valence-electron chi connectivity index (χ4n) is 3.00. The van der Waals surface area contributed by atoms with Crippen molar-refractivity contribution in [2.45, 2.75) is 51.1 Å². The highest BCUT2D eigenvalue weighted by atomic mass is 16.3. The third-order valence-corrected chi connectivity index (χ3v) is 4.77. The van der Waals surface area contributed by atoms with E-state index in [-0.39, 0.29) is 17.6 Å². The van der Waals surface area contributed by atoms with E-state index >= 15 is 0 Å². The molecule has 0 unspecified atom stereocenters. The Labute approximate surface area is 172 Å². The summed E-state index contributed by atoms with van der Waals surface area (Å²) in [4.78, 5) is 24.4. The maximum absolute atomic E-state index is 12.2. The molecule has 0 saturated carbocycles. The van der Waals surface area contributed by atoms with Gasteiger partial charge >= 0.3 is 0 Å². The van der Waals surface area contributed by atoms with E-state index in [2.05, 4.69) is 22.8 Å². The van der Waals surface area contributed by atoms with Gasteiger partial charge in [-0.1, -0.05) is 48.9 Å². The van der Waals surface area contributed by atoms with Gasteiger partial charge in [-0.05, 0) is 55.9 Å². The van der Waals surface area contributed by atoms with Gasteiger partial charge in [0, 0.05) is 6.54 Å². The highest BCUT2D eigenvalue weighted by Crippen LogP contribution is 2.11. The SMILES string of the molecule is C[C@@H](NC(=O)[C@@H](N)Cc1ccc(O)cc1)C(=O)NCCCCCc1ccccc1. The molecule has 0 aromatic heterocycles. The van der Waals surface area contributed by atoms with Gasteiger partial charge in [-0.25, -0.2) is 0 Å². The average molecular weight is 398 g/mol. The van der Waals surface area contributed by atoms with Crippen molar-refractivity contribution in [2.75, 3.05) is 6.54 Å². The first kappa shape index (κ1) is 22.4. The van der Waals surface area contributed by atoms with E-state index in [1.807, 2.05) is 18.2 Å². The molecule has 0 spiro atoms. The number of nitrogens with two attached hydrogens (primary N) is 1. The first-order valence-electron chi connectivity index (χ1n) is 10.1. The van der Waals surface area contributed by atoms with Crippen LogP contribution in [0.3, 0.4) is 0 Å². The van der Waals surface area contributed by atoms with Gasteiger partial charge in [-0.3, -0.25) is 9.59 Å². The molecule has 2 aromatic carbocycles. The third kappa shape index (κ3) is 8.35. The zero-order valence-corrected chi connectivity index (χ0v) is 16.9. The van der Waals surface area contributed by atoms with Crippen LogP contribution in [0, 0.1) is 0 Å². The highest BCUT2D eigenvalue weighted by Gasteiger charge is 2.20. The van der Waals surface area contributed by atoms with E-state index in [9.17, 15) is 14.7 Å². The lowest BCUT2D eigenvalue weighted by molar-refractivity contribution is -0.129. The number of unbranched alkanes of at least 4 members (excludes halogenated alkanes) is 2. The minimum absolute atomic E-state index is 0.164. The molecule has 2 rings (SSSR count). The van der Waals surface area contributed by atoms with Crippen molar-refractivity contribution in [1.82, 2.24) is 10.6 Å². The number of phenolic OH excluding ortho intramolecular Hbond substituents is 1. The van der Waals surface area contributed by atoms with Crippen molar-refractivity contribution in [2.24, 2.45) is 5.73 Å². The summed E-state index contributed by atoms with van der Waals surface area (Å²) in [6.07, 6.45) is 4.40. The molecule has 0 heterocycles. The number of carbonyl (C=O) groups excluding carboxylic acids is 2. The van der Waals surface area contributed by atoms with Gasteiger partial charge in [0.1, 0.15) is 11.8 Å². The average Bonchev–Trinajstić information content (AvgIpc) is 2.72. The molecule has 0 fully saturated rings. The summed E-state index contributed by atoms with van der Waals surface area (Å²) in [5, 5.41) is 14.8. The Morgan fingerprint density at radius 1 is 0.931 bits per heavy atom. The zero-order valence-electron chi connectivity index (χ0n) is 16.9. The zero-order chi connectivity index (χ0) is 21.1. The van der Waals surface area contributed by atoms with Crippen molar-refractivity contribution >= 4 is 11.8 Å². The Kier molecular flexibility index (Phi) is 9.18. The lowest BCUT2D eigenvalue weighted by atomic mass is 10.1. The number of hydrogen-bond acceptors (Lipinski definition) is 4. The Bertz CT molecular complexity index is 763. The summed E-state index contributed by atoms with van der Waals surface area (Å²) in [6.45, 7) is 2.24. The van der Waals surface area contributed by atoms with Crippen LogP contribution in [0.5, 0.6) is 5.75 Å². The largest absolute Gasteiger partial charge is 0.508 e. The molecule has 2 amide bonds. The van der Waals surface area contributed by atoms with E-state index in [4.69, 9.17) is 5.73 Å². The molecule has 2 atom stereocenters. The molecular weight excluding hydrogens is 366 g/mol. The van der Waals surface area contributed by atoms with Crippen molar-refractivity contribution < 1.29 is 14.7 Å². The van der Waals surface area contributed by atoms with Crippen LogP contribution in [0.15, 0.2) is 54.6 Å². The standard InChI is InChI=1S/C23H31N3O3/c1-17(26-23(29)21(24)16-19-11-13-20(27)14-12-19)22(28)25-15-7-3-6-10-18-8-4-2-5-9-18/h2,4-5,8-9,11-14,17,21,27H,3,6-7,10,15-16,24H2,1H3,(H,25,28)(H,26,29)/t17-,21+/m1/s1. The lowest BCUT2D eigenvalue weighted by Gasteiger charge is -2.17. The molecule has 6 heteroatoms. The Balaban J connectivity index is 1.60. The molecule has 0 aliphatic heterocycles. The summed E-state index contributed by atoms with van der Waals surface area (Å²) < 4.78 is 0. The van der Waals surface area contributed by atoms with Gasteiger partial charge in [0.05, 0.1) is 6.04 Å². The van der Waals surface area contributed by atoms with Crippen molar-refractivity contribution in [3.8, 4) is 5.75 Å². The second-order valence-electron chi connectivity index (χ2n) is 7.29. The molecule has 156 valence electrons. The number of phenols is 1. The predicted octanol–water partition coefficient (Wildman–Crippen LogP) is 2.30. The van der Waals surface area contributed by atoms with Crippen LogP contribution in [0.4, 0.5) is 0 Å². The van der Waals surface area contributed by atoms with Crippen LogP contribution in [0.1, 0.15) is 37.3 Å². The minimum Gasteiger partial charge on any atom is -0.508 e. The van der Waals surface area contributed by atoms with Crippen molar-refractivity contribution in [3.63, 3.8) is 0 Å². The summed E-state index contributed by atoms with van der Waals surface area (Å²) in [5.41, 5.74) is 8.11. The second kappa shape index (κ2) is 11.9. The molecule has 0 bridgehead atoms. The molecule has 0 aliphatic rings. The lowest BCUT2D eigenvalue weighted by Crippen LogP contribution is -2.50. The molecular formula is C23H31N3O3. The van der Waals surface area contributed by atoms with Crippen LogP contribution in [-0.2, 0) is 22.4 Å². The van der Waals surface area contributed by atoms with Gasteiger partial charge in [-0.2, -0.15) is 0 Å². The number of aryl methyl sites for hydroxylation is 1. The van der Waals surface area contributed by atoms with Gasteiger partial charge < -0.3 is 21.5 Å². The number of amides is 2. The molecule has 0 saturated heterocycles. The van der Waals surface area contributed by atoms with E-state index in [1.165, 1.54) is 5.56 Å². The number of benzene rings is 2. The topological polar surface area (TPSA) is 104 Å². The molecule has 6 nitrogen and oxygen atoms in total. The van der Waals surface area contributed by atoms with Crippen LogP contribution < -0.4 is 16.4 Å². The van der Waals surface area contributed by atoms with Gasteiger partial charge in [0.15, 0.2) is 0 Å². The smallest absolute Gasteiger partial charge is 0.242 e. The van der Waals surface area contributed by atoms with E-state index in [0.717, 1.165) is 31.2 Å². The Hall–Kier alpha value is -2.86.